The first-order valence-corrected chi connectivity index (χ1v) is 15.2. The van der Waals surface area contributed by atoms with Crippen LogP contribution in [0.25, 0.3) is 0 Å². The van der Waals surface area contributed by atoms with Crippen LogP contribution in [-0.2, 0) is 16.1 Å². The van der Waals surface area contributed by atoms with Crippen molar-refractivity contribution in [3.05, 3.63) is 65.2 Å². The number of likely N-dealkylation sites (tertiary alicyclic amines) is 1. The molecule has 0 N–H and O–H groups in total. The molecule has 1 amide bonds. The Morgan fingerprint density at radius 3 is 2.41 bits per heavy atom. The number of nitrogens with zero attached hydrogens (tertiary/aromatic N) is 1. The van der Waals surface area contributed by atoms with Crippen molar-refractivity contribution >= 4 is 19.4 Å². The highest BCUT2D eigenvalue weighted by atomic mass is 28.3. The third-order valence-electron chi connectivity index (χ3n) is 5.81. The summed E-state index contributed by atoms with van der Waals surface area (Å²) in [6.07, 6.45) is 1.48. The second kappa shape index (κ2) is 9.80. The van der Waals surface area contributed by atoms with E-state index in [4.69, 9.17) is 9.47 Å². The van der Waals surface area contributed by atoms with E-state index in [1.807, 2.05) is 43.9 Å². The first-order valence-electron chi connectivity index (χ1n) is 11.7. The van der Waals surface area contributed by atoms with E-state index in [0.29, 0.717) is 13.2 Å². The summed E-state index contributed by atoms with van der Waals surface area (Å²) in [7, 11) is -1.40. The normalized spacial score (nSPS) is 19.7. The van der Waals surface area contributed by atoms with Gasteiger partial charge in [0.05, 0.1) is 26.8 Å². The molecule has 1 fully saturated rings. The standard InChI is InChI=1S/C27H39NO3Si/c1-20-16-21(18-23(17-20)32(5,6)7)19-30-24-14-11-15-28(26(29)31-27(2,3)4)25(24)22-12-9-8-10-13-22/h8-10,12-13,16-18,24-25H,11,14-15,19H2,1-7H3/t24-,25-/m0/s1. The van der Waals surface area contributed by atoms with Crippen LogP contribution in [0.15, 0.2) is 48.5 Å². The quantitative estimate of drug-likeness (QED) is 0.506. The van der Waals surface area contributed by atoms with Gasteiger partial charge < -0.3 is 9.47 Å². The second-order valence-corrected chi connectivity index (χ2v) is 16.1. The highest BCUT2D eigenvalue weighted by molar-refractivity contribution is 6.88. The van der Waals surface area contributed by atoms with Gasteiger partial charge in [-0.1, -0.05) is 78.9 Å². The van der Waals surface area contributed by atoms with Gasteiger partial charge in [-0.15, -0.1) is 0 Å². The number of hydrogen-bond donors (Lipinski definition) is 0. The van der Waals surface area contributed by atoms with Crippen molar-refractivity contribution in [2.75, 3.05) is 6.54 Å². The fraction of sp³-hybridized carbons (Fsp3) is 0.519. The topological polar surface area (TPSA) is 38.8 Å². The Morgan fingerprint density at radius 2 is 1.78 bits per heavy atom. The van der Waals surface area contributed by atoms with Gasteiger partial charge in [0, 0.05) is 6.54 Å². The van der Waals surface area contributed by atoms with Crippen LogP contribution in [-0.4, -0.2) is 37.3 Å². The molecule has 0 radical (unpaired) electrons. The Kier molecular flexibility index (Phi) is 7.51. The largest absolute Gasteiger partial charge is 0.444 e. The summed E-state index contributed by atoms with van der Waals surface area (Å²) in [6, 6.07) is 16.9. The average Bonchev–Trinajstić information content (AvgIpc) is 2.70. The van der Waals surface area contributed by atoms with Gasteiger partial charge in [0.25, 0.3) is 0 Å². The molecule has 1 saturated heterocycles. The van der Waals surface area contributed by atoms with Crippen LogP contribution in [0, 0.1) is 6.92 Å². The van der Waals surface area contributed by atoms with Crippen LogP contribution in [0.1, 0.15) is 56.3 Å². The molecule has 2 aromatic rings. The summed E-state index contributed by atoms with van der Waals surface area (Å²) in [5.74, 6) is 0. The third-order valence-corrected chi connectivity index (χ3v) is 7.83. The molecule has 0 spiro atoms. The van der Waals surface area contributed by atoms with E-state index in [2.05, 4.69) is 56.9 Å². The molecule has 0 saturated carbocycles. The molecule has 32 heavy (non-hydrogen) atoms. The molecule has 0 bridgehead atoms. The van der Waals surface area contributed by atoms with E-state index in [1.54, 1.807) is 0 Å². The Balaban J connectivity index is 1.84. The first-order chi connectivity index (χ1) is 14.9. The van der Waals surface area contributed by atoms with Gasteiger partial charge in [0.1, 0.15) is 5.60 Å². The van der Waals surface area contributed by atoms with Gasteiger partial charge >= 0.3 is 6.09 Å². The van der Waals surface area contributed by atoms with Gasteiger partial charge in [-0.25, -0.2) is 4.79 Å². The fourth-order valence-electron chi connectivity index (χ4n) is 4.29. The predicted octanol–water partition coefficient (Wildman–Crippen LogP) is 6.20. The molecule has 2 aromatic carbocycles. The SMILES string of the molecule is Cc1cc(CO[C@H]2CCCN(C(=O)OC(C)(C)C)[C@H]2c2ccccc2)cc([Si](C)(C)C)c1. The zero-order valence-electron chi connectivity index (χ0n) is 20.8. The molecule has 0 aromatic heterocycles. The molecule has 2 atom stereocenters. The van der Waals surface area contributed by atoms with Gasteiger partial charge in [-0.2, -0.15) is 0 Å². The van der Waals surface area contributed by atoms with E-state index in [0.717, 1.165) is 18.4 Å². The number of amides is 1. The number of piperidine rings is 1. The molecule has 3 rings (SSSR count). The van der Waals surface area contributed by atoms with E-state index in [1.165, 1.54) is 16.3 Å². The summed E-state index contributed by atoms with van der Waals surface area (Å²) in [4.78, 5) is 14.9. The lowest BCUT2D eigenvalue weighted by Gasteiger charge is -2.41. The summed E-state index contributed by atoms with van der Waals surface area (Å²) in [5.41, 5.74) is 3.06. The molecular formula is C27H39NO3Si. The number of aryl methyl sites for hydroxylation is 1. The number of ether oxygens (including phenoxy) is 2. The van der Waals surface area contributed by atoms with Crippen molar-refractivity contribution in [1.29, 1.82) is 0 Å². The van der Waals surface area contributed by atoms with Crippen molar-refractivity contribution in [3.63, 3.8) is 0 Å². The van der Waals surface area contributed by atoms with E-state index >= 15 is 0 Å². The number of rotatable bonds is 5. The maximum Gasteiger partial charge on any atom is 0.410 e. The highest BCUT2D eigenvalue weighted by Gasteiger charge is 2.38. The summed E-state index contributed by atoms with van der Waals surface area (Å²) in [6.45, 7) is 16.2. The minimum atomic E-state index is -1.40. The Labute approximate surface area is 194 Å². The molecule has 0 aliphatic carbocycles. The maximum atomic E-state index is 13.1. The predicted molar refractivity (Wildman–Crippen MR) is 134 cm³/mol. The van der Waals surface area contributed by atoms with Crippen molar-refractivity contribution in [3.8, 4) is 0 Å². The van der Waals surface area contributed by atoms with Gasteiger partial charge in [0.15, 0.2) is 0 Å². The number of benzene rings is 2. The average molecular weight is 454 g/mol. The van der Waals surface area contributed by atoms with Crippen LogP contribution in [0.2, 0.25) is 19.6 Å². The summed E-state index contributed by atoms with van der Waals surface area (Å²) in [5, 5.41) is 1.45. The molecule has 1 aliphatic heterocycles. The van der Waals surface area contributed by atoms with Crippen LogP contribution in [0.4, 0.5) is 4.79 Å². The molecule has 4 nitrogen and oxygen atoms in total. The fourth-order valence-corrected chi connectivity index (χ4v) is 5.57. The van der Waals surface area contributed by atoms with Crippen molar-refractivity contribution < 1.29 is 14.3 Å². The van der Waals surface area contributed by atoms with Gasteiger partial charge in [0.2, 0.25) is 0 Å². The molecule has 1 heterocycles. The van der Waals surface area contributed by atoms with Crippen molar-refractivity contribution in [1.82, 2.24) is 4.90 Å². The smallest absolute Gasteiger partial charge is 0.410 e. The lowest BCUT2D eigenvalue weighted by Crippen LogP contribution is -2.47. The van der Waals surface area contributed by atoms with Crippen molar-refractivity contribution in [2.45, 2.75) is 84.5 Å². The van der Waals surface area contributed by atoms with Crippen LogP contribution in [0.5, 0.6) is 0 Å². The van der Waals surface area contributed by atoms with Crippen molar-refractivity contribution in [2.24, 2.45) is 0 Å². The third kappa shape index (κ3) is 6.45. The Hall–Kier alpha value is -2.11. The number of carbonyl (C=O) groups excluding carboxylic acids is 1. The van der Waals surface area contributed by atoms with Gasteiger partial charge in [-0.05, 0) is 51.7 Å². The zero-order valence-corrected chi connectivity index (χ0v) is 21.8. The molecule has 174 valence electrons. The van der Waals surface area contributed by atoms with Crippen LogP contribution in [0.3, 0.4) is 0 Å². The lowest BCUT2D eigenvalue weighted by atomic mass is 9.92. The molecule has 0 unspecified atom stereocenters. The van der Waals surface area contributed by atoms with Crippen LogP contribution >= 0.6 is 0 Å². The molecular weight excluding hydrogens is 414 g/mol. The number of carbonyl (C=O) groups is 1. The van der Waals surface area contributed by atoms with E-state index in [9.17, 15) is 4.79 Å². The Morgan fingerprint density at radius 1 is 1.09 bits per heavy atom. The minimum absolute atomic E-state index is 0.0745. The lowest BCUT2D eigenvalue weighted by molar-refractivity contribution is -0.0600. The monoisotopic (exact) mass is 453 g/mol. The maximum absolute atomic E-state index is 13.1. The molecule has 1 aliphatic rings. The van der Waals surface area contributed by atoms with Gasteiger partial charge in [-0.3, -0.25) is 4.90 Å². The van der Waals surface area contributed by atoms with E-state index in [-0.39, 0.29) is 18.2 Å². The second-order valence-electron chi connectivity index (χ2n) is 11.0. The Bertz CT molecular complexity index is 915. The molecule has 5 heteroatoms. The summed E-state index contributed by atoms with van der Waals surface area (Å²) >= 11 is 0. The van der Waals surface area contributed by atoms with Crippen LogP contribution < -0.4 is 5.19 Å². The summed E-state index contributed by atoms with van der Waals surface area (Å²) < 4.78 is 12.3. The highest BCUT2D eigenvalue weighted by Crippen LogP contribution is 2.35. The first kappa shape index (κ1) is 24.5. The van der Waals surface area contributed by atoms with E-state index < -0.39 is 13.7 Å². The zero-order chi connectivity index (χ0) is 23.5. The number of hydrogen-bond acceptors (Lipinski definition) is 3. The minimum Gasteiger partial charge on any atom is -0.444 e.